The van der Waals surface area contributed by atoms with E-state index in [-0.39, 0.29) is 18.4 Å². The Labute approximate surface area is 87.7 Å². The summed E-state index contributed by atoms with van der Waals surface area (Å²) < 4.78 is 0. The highest BCUT2D eigenvalue weighted by Gasteiger charge is 2.39. The van der Waals surface area contributed by atoms with E-state index in [0.717, 1.165) is 5.56 Å². The quantitative estimate of drug-likeness (QED) is 0.684. The molecule has 0 aromatic heterocycles. The lowest BCUT2D eigenvalue weighted by atomic mass is 9.89. The van der Waals surface area contributed by atoms with Gasteiger partial charge in [0.1, 0.15) is 5.54 Å². The predicted octanol–water partition coefficient (Wildman–Crippen LogP) is 0.148. The molecule has 1 fully saturated rings. The molecule has 0 saturated carbocycles. The third-order valence-corrected chi connectivity index (χ3v) is 2.60. The molecule has 0 spiro atoms. The smallest absolute Gasteiger partial charge is 0.250 e. The molecule has 1 heterocycles. The van der Waals surface area contributed by atoms with E-state index in [2.05, 4.69) is 10.6 Å². The monoisotopic (exact) mass is 204 g/mol. The molecule has 2 rings (SSSR count). The average molecular weight is 204 g/mol. The van der Waals surface area contributed by atoms with Crippen molar-refractivity contribution in [2.45, 2.75) is 12.5 Å². The Hall–Kier alpha value is -1.84. The largest absolute Gasteiger partial charge is 0.345 e. The molecular weight excluding hydrogens is 192 g/mol. The van der Waals surface area contributed by atoms with Crippen LogP contribution in [0.25, 0.3) is 0 Å². The van der Waals surface area contributed by atoms with Gasteiger partial charge in [-0.1, -0.05) is 30.3 Å². The topological polar surface area (TPSA) is 58.2 Å². The molecular formula is C11H12N2O2. The first-order valence-corrected chi connectivity index (χ1v) is 4.78. The molecule has 0 radical (unpaired) electrons. The lowest BCUT2D eigenvalue weighted by Gasteiger charge is -2.33. The number of hydrogen-bond acceptors (Lipinski definition) is 2. The van der Waals surface area contributed by atoms with Crippen LogP contribution in [0.3, 0.4) is 0 Å². The summed E-state index contributed by atoms with van der Waals surface area (Å²) in [4.78, 5) is 23.0. The van der Waals surface area contributed by atoms with Crippen LogP contribution >= 0.6 is 0 Å². The van der Waals surface area contributed by atoms with Crippen molar-refractivity contribution in [3.05, 3.63) is 35.9 Å². The number of carbonyl (C=O) groups excluding carboxylic acids is 2. The fourth-order valence-corrected chi connectivity index (χ4v) is 1.69. The normalized spacial score (nSPS) is 25.7. The molecule has 4 heteroatoms. The van der Waals surface area contributed by atoms with Gasteiger partial charge in [0.2, 0.25) is 5.91 Å². The highest BCUT2D eigenvalue weighted by molar-refractivity contribution is 5.98. The van der Waals surface area contributed by atoms with Gasteiger partial charge in [0, 0.05) is 0 Å². The zero-order valence-corrected chi connectivity index (χ0v) is 8.41. The van der Waals surface area contributed by atoms with E-state index in [1.807, 2.05) is 30.3 Å². The molecule has 0 bridgehead atoms. The number of piperazine rings is 1. The van der Waals surface area contributed by atoms with E-state index in [1.54, 1.807) is 6.92 Å². The van der Waals surface area contributed by atoms with E-state index in [4.69, 9.17) is 0 Å². The van der Waals surface area contributed by atoms with Gasteiger partial charge in [-0.25, -0.2) is 0 Å². The average Bonchev–Trinajstić information content (AvgIpc) is 2.25. The number of rotatable bonds is 1. The van der Waals surface area contributed by atoms with Crippen LogP contribution in [0.15, 0.2) is 30.3 Å². The van der Waals surface area contributed by atoms with Crippen LogP contribution in [0.1, 0.15) is 12.5 Å². The number of amides is 2. The van der Waals surface area contributed by atoms with Crippen molar-refractivity contribution in [1.82, 2.24) is 10.6 Å². The van der Waals surface area contributed by atoms with Crippen molar-refractivity contribution in [3.63, 3.8) is 0 Å². The summed E-state index contributed by atoms with van der Waals surface area (Å²) in [5.74, 6) is -0.339. The van der Waals surface area contributed by atoms with Gasteiger partial charge in [-0.3, -0.25) is 9.59 Å². The Morgan fingerprint density at radius 2 is 1.87 bits per heavy atom. The maximum absolute atomic E-state index is 11.7. The predicted molar refractivity (Wildman–Crippen MR) is 54.9 cm³/mol. The first-order valence-electron chi connectivity index (χ1n) is 4.78. The Kier molecular flexibility index (Phi) is 2.19. The number of benzene rings is 1. The minimum absolute atomic E-state index is 0.0568. The summed E-state index contributed by atoms with van der Waals surface area (Å²) in [6.45, 7) is 1.76. The summed E-state index contributed by atoms with van der Waals surface area (Å²) in [5.41, 5.74) is -0.160. The van der Waals surface area contributed by atoms with Crippen LogP contribution in [-0.2, 0) is 15.1 Å². The van der Waals surface area contributed by atoms with Gasteiger partial charge in [-0.2, -0.15) is 0 Å². The fraction of sp³-hybridized carbons (Fsp3) is 0.273. The Bertz CT molecular complexity index is 402. The number of carbonyl (C=O) groups is 2. The second-order valence-corrected chi connectivity index (χ2v) is 3.72. The molecule has 0 unspecified atom stereocenters. The molecule has 4 nitrogen and oxygen atoms in total. The van der Waals surface area contributed by atoms with Crippen LogP contribution in [0.4, 0.5) is 0 Å². The van der Waals surface area contributed by atoms with Gasteiger partial charge in [0.05, 0.1) is 6.54 Å². The zero-order chi connectivity index (χ0) is 10.9. The van der Waals surface area contributed by atoms with Gasteiger partial charge in [-0.15, -0.1) is 0 Å². The van der Waals surface area contributed by atoms with Crippen molar-refractivity contribution in [3.8, 4) is 0 Å². The summed E-state index contributed by atoms with van der Waals surface area (Å²) in [5, 5.41) is 5.28. The highest BCUT2D eigenvalue weighted by atomic mass is 16.2. The Morgan fingerprint density at radius 1 is 1.20 bits per heavy atom. The van der Waals surface area contributed by atoms with E-state index in [1.165, 1.54) is 0 Å². The van der Waals surface area contributed by atoms with Gasteiger partial charge in [0.25, 0.3) is 5.91 Å². The molecule has 0 aliphatic carbocycles. The molecule has 1 aliphatic heterocycles. The van der Waals surface area contributed by atoms with Gasteiger partial charge in [0.15, 0.2) is 0 Å². The summed E-state index contributed by atoms with van der Waals surface area (Å²) >= 11 is 0. The molecule has 2 N–H and O–H groups in total. The first-order chi connectivity index (χ1) is 7.13. The maximum atomic E-state index is 11.7. The van der Waals surface area contributed by atoms with Crippen LogP contribution < -0.4 is 10.6 Å². The lowest BCUT2D eigenvalue weighted by Crippen LogP contribution is -2.61. The molecule has 78 valence electrons. The van der Waals surface area contributed by atoms with E-state index < -0.39 is 5.54 Å². The molecule has 2 amide bonds. The molecule has 1 aliphatic rings. The molecule has 1 saturated heterocycles. The standard InChI is InChI=1S/C11H12N2O2/c1-11(8-5-3-2-4-6-8)10(15)12-7-9(14)13-11/h2-6H,7H2,1H3,(H,12,15)(H,13,14)/t11-/m1/s1. The second kappa shape index (κ2) is 3.38. The van der Waals surface area contributed by atoms with Crippen molar-refractivity contribution in [1.29, 1.82) is 0 Å². The first kappa shape index (κ1) is 9.71. The minimum atomic E-state index is -0.948. The van der Waals surface area contributed by atoms with Gasteiger partial charge in [-0.05, 0) is 12.5 Å². The van der Waals surface area contributed by atoms with E-state index in [0.29, 0.717) is 0 Å². The van der Waals surface area contributed by atoms with Crippen LogP contribution in [-0.4, -0.2) is 18.4 Å². The molecule has 1 aromatic rings. The zero-order valence-electron chi connectivity index (χ0n) is 8.41. The van der Waals surface area contributed by atoms with E-state index >= 15 is 0 Å². The van der Waals surface area contributed by atoms with E-state index in [9.17, 15) is 9.59 Å². The SMILES string of the molecule is C[C@]1(c2ccccc2)NC(=O)CNC1=O. The summed E-state index contributed by atoms with van der Waals surface area (Å²) in [6, 6.07) is 9.20. The minimum Gasteiger partial charge on any atom is -0.345 e. The van der Waals surface area contributed by atoms with Crippen LogP contribution in [0.2, 0.25) is 0 Å². The summed E-state index contributed by atoms with van der Waals surface area (Å²) in [7, 11) is 0. The van der Waals surface area contributed by atoms with Crippen molar-refractivity contribution in [2.24, 2.45) is 0 Å². The molecule has 1 aromatic carbocycles. The van der Waals surface area contributed by atoms with Gasteiger partial charge >= 0.3 is 0 Å². The number of nitrogens with one attached hydrogen (secondary N) is 2. The van der Waals surface area contributed by atoms with Gasteiger partial charge < -0.3 is 10.6 Å². The summed E-state index contributed by atoms with van der Waals surface area (Å²) in [6.07, 6.45) is 0. The Balaban J connectivity index is 2.40. The second-order valence-electron chi connectivity index (χ2n) is 3.72. The van der Waals surface area contributed by atoms with Crippen molar-refractivity contribution >= 4 is 11.8 Å². The Morgan fingerprint density at radius 3 is 2.53 bits per heavy atom. The molecule has 15 heavy (non-hydrogen) atoms. The van der Waals surface area contributed by atoms with Crippen LogP contribution in [0, 0.1) is 0 Å². The third kappa shape index (κ3) is 1.58. The fourth-order valence-electron chi connectivity index (χ4n) is 1.69. The highest BCUT2D eigenvalue weighted by Crippen LogP contribution is 2.22. The molecule has 1 atom stereocenters. The van der Waals surface area contributed by atoms with Crippen molar-refractivity contribution in [2.75, 3.05) is 6.54 Å². The maximum Gasteiger partial charge on any atom is 0.250 e. The van der Waals surface area contributed by atoms with Crippen LogP contribution in [0.5, 0.6) is 0 Å². The lowest BCUT2D eigenvalue weighted by molar-refractivity contribution is -0.138. The van der Waals surface area contributed by atoms with Crippen molar-refractivity contribution < 1.29 is 9.59 Å². The number of hydrogen-bond donors (Lipinski definition) is 2. The third-order valence-electron chi connectivity index (χ3n) is 2.60.